The summed E-state index contributed by atoms with van der Waals surface area (Å²) in [5.41, 5.74) is 0.502. The van der Waals surface area contributed by atoms with Crippen molar-refractivity contribution in [3.8, 4) is 5.95 Å². The summed E-state index contributed by atoms with van der Waals surface area (Å²) in [5.74, 6) is 0.550. The zero-order valence-electron chi connectivity index (χ0n) is 15.4. The van der Waals surface area contributed by atoms with Crippen molar-refractivity contribution in [2.24, 2.45) is 5.92 Å². The van der Waals surface area contributed by atoms with Crippen LogP contribution in [0.4, 0.5) is 0 Å². The molecule has 1 aliphatic rings. The molecule has 1 aliphatic carbocycles. The first-order chi connectivity index (χ1) is 12.9. The number of imidazole rings is 1. The molecule has 0 spiro atoms. The van der Waals surface area contributed by atoms with E-state index < -0.39 is 5.60 Å². The van der Waals surface area contributed by atoms with E-state index in [1.807, 2.05) is 25.3 Å². The van der Waals surface area contributed by atoms with Gasteiger partial charge in [0.1, 0.15) is 6.33 Å². The normalized spacial score (nSPS) is 20.7. The Balaban J connectivity index is 1.54. The van der Waals surface area contributed by atoms with E-state index in [0.717, 1.165) is 35.9 Å². The molecular formula is C19H23N5O2S. The summed E-state index contributed by atoms with van der Waals surface area (Å²) in [6.07, 6.45) is 8.59. The van der Waals surface area contributed by atoms with E-state index in [9.17, 15) is 9.90 Å². The molecule has 3 aromatic rings. The number of aliphatic hydroxyl groups is 1. The third kappa shape index (κ3) is 3.72. The fourth-order valence-electron chi connectivity index (χ4n) is 3.70. The van der Waals surface area contributed by atoms with Crippen molar-refractivity contribution < 1.29 is 9.90 Å². The minimum Gasteiger partial charge on any atom is -0.390 e. The molecule has 0 saturated heterocycles. The summed E-state index contributed by atoms with van der Waals surface area (Å²) in [6, 6.07) is 2.01. The summed E-state index contributed by atoms with van der Waals surface area (Å²) in [7, 11) is 0. The summed E-state index contributed by atoms with van der Waals surface area (Å²) >= 11 is 1.47. The molecule has 2 N–H and O–H groups in total. The Morgan fingerprint density at radius 2 is 2.07 bits per heavy atom. The number of carbonyl (C=O) groups is 1. The lowest BCUT2D eigenvalue weighted by Gasteiger charge is -2.36. The van der Waals surface area contributed by atoms with Gasteiger partial charge in [-0.1, -0.05) is 0 Å². The number of nitrogens with one attached hydrogen (secondary N) is 1. The molecule has 1 amide bonds. The number of rotatable bonds is 4. The maximum Gasteiger partial charge on any atom is 0.271 e. The van der Waals surface area contributed by atoms with Gasteiger partial charge < -0.3 is 10.4 Å². The quantitative estimate of drug-likeness (QED) is 0.720. The van der Waals surface area contributed by atoms with E-state index in [1.54, 1.807) is 23.3 Å². The number of aromatic nitrogens is 4. The summed E-state index contributed by atoms with van der Waals surface area (Å²) in [4.78, 5) is 26.0. The Morgan fingerprint density at radius 3 is 2.74 bits per heavy atom. The first-order valence-corrected chi connectivity index (χ1v) is 10.1. The smallest absolute Gasteiger partial charge is 0.271 e. The molecule has 0 aliphatic heterocycles. The number of amides is 1. The second-order valence-corrected chi connectivity index (χ2v) is 8.57. The minimum atomic E-state index is -0.662. The van der Waals surface area contributed by atoms with Crippen LogP contribution < -0.4 is 5.32 Å². The van der Waals surface area contributed by atoms with Gasteiger partial charge in [-0.15, -0.1) is 11.3 Å². The molecule has 0 atom stereocenters. The summed E-state index contributed by atoms with van der Waals surface area (Å²) in [6.45, 7) is 3.73. The number of hydrogen-bond donors (Lipinski definition) is 2. The topological polar surface area (TPSA) is 92.9 Å². The molecule has 0 radical (unpaired) electrons. The van der Waals surface area contributed by atoms with E-state index in [1.165, 1.54) is 11.3 Å². The van der Waals surface area contributed by atoms with Gasteiger partial charge in [0.15, 0.2) is 5.69 Å². The zero-order valence-corrected chi connectivity index (χ0v) is 16.2. The van der Waals surface area contributed by atoms with Gasteiger partial charge in [-0.3, -0.25) is 9.36 Å². The Kier molecular flexibility index (Phi) is 4.69. The first kappa shape index (κ1) is 18.1. The van der Waals surface area contributed by atoms with Crippen molar-refractivity contribution in [2.75, 3.05) is 0 Å². The second-order valence-electron chi connectivity index (χ2n) is 7.65. The number of carbonyl (C=O) groups excluding carboxylic acids is 1. The van der Waals surface area contributed by atoms with Crippen LogP contribution in [0.2, 0.25) is 0 Å². The average Bonchev–Trinajstić information content (AvgIpc) is 3.32. The van der Waals surface area contributed by atoms with E-state index >= 15 is 0 Å². The van der Waals surface area contributed by atoms with Gasteiger partial charge >= 0.3 is 0 Å². The van der Waals surface area contributed by atoms with Crippen LogP contribution in [0.5, 0.6) is 0 Å². The van der Waals surface area contributed by atoms with Gasteiger partial charge in [-0.05, 0) is 56.9 Å². The maximum atomic E-state index is 13.0. The first-order valence-electron chi connectivity index (χ1n) is 9.18. The van der Waals surface area contributed by atoms with Gasteiger partial charge in [0.25, 0.3) is 5.91 Å². The number of nitrogens with zero attached hydrogens (tertiary/aromatic N) is 4. The highest BCUT2D eigenvalue weighted by Crippen LogP contribution is 2.32. The number of thiophene rings is 1. The van der Waals surface area contributed by atoms with Gasteiger partial charge in [0.05, 0.1) is 15.8 Å². The molecular weight excluding hydrogens is 362 g/mol. The van der Waals surface area contributed by atoms with Crippen LogP contribution in [-0.4, -0.2) is 42.2 Å². The molecule has 8 heteroatoms. The van der Waals surface area contributed by atoms with Crippen LogP contribution in [0.15, 0.2) is 30.2 Å². The van der Waals surface area contributed by atoms with Crippen molar-refractivity contribution in [1.82, 2.24) is 24.8 Å². The molecule has 1 saturated carbocycles. The zero-order chi connectivity index (χ0) is 19.0. The molecule has 3 heterocycles. The highest BCUT2D eigenvalue weighted by Gasteiger charge is 2.32. The minimum absolute atomic E-state index is 0.109. The van der Waals surface area contributed by atoms with Crippen LogP contribution in [0.1, 0.15) is 50.0 Å². The molecule has 27 heavy (non-hydrogen) atoms. The molecule has 4 rings (SSSR count). The number of hydrogen-bond acceptors (Lipinski definition) is 6. The third-order valence-corrected chi connectivity index (χ3v) is 6.21. The standard InChI is InChI=1S/C19H23N5O2S/c1-19(2,26)12-3-5-13(6-4-12)21-17(25)15-16-14(7-10-27-16)22-18(23-15)24-9-8-20-11-24/h7-13,26H,3-6H2,1-2H3,(H,21,25)/t12-,13-. The van der Waals surface area contributed by atoms with Crippen molar-refractivity contribution in [2.45, 2.75) is 51.2 Å². The van der Waals surface area contributed by atoms with Crippen LogP contribution in [0.3, 0.4) is 0 Å². The highest BCUT2D eigenvalue weighted by molar-refractivity contribution is 7.17. The van der Waals surface area contributed by atoms with E-state index in [-0.39, 0.29) is 17.9 Å². The van der Waals surface area contributed by atoms with Gasteiger partial charge in [-0.2, -0.15) is 0 Å². The summed E-state index contributed by atoms with van der Waals surface area (Å²) < 4.78 is 2.49. The van der Waals surface area contributed by atoms with Crippen molar-refractivity contribution in [3.05, 3.63) is 35.9 Å². The maximum absolute atomic E-state index is 13.0. The fraction of sp³-hybridized carbons (Fsp3) is 0.474. The lowest BCUT2D eigenvalue weighted by atomic mass is 9.77. The van der Waals surface area contributed by atoms with Crippen LogP contribution in [0.25, 0.3) is 16.2 Å². The van der Waals surface area contributed by atoms with Crippen molar-refractivity contribution >= 4 is 27.5 Å². The van der Waals surface area contributed by atoms with Gasteiger partial charge in [0, 0.05) is 18.4 Å². The van der Waals surface area contributed by atoms with Crippen molar-refractivity contribution in [3.63, 3.8) is 0 Å². The monoisotopic (exact) mass is 385 g/mol. The van der Waals surface area contributed by atoms with Crippen LogP contribution >= 0.6 is 11.3 Å². The summed E-state index contributed by atoms with van der Waals surface area (Å²) in [5, 5.41) is 15.2. The fourth-order valence-corrected chi connectivity index (χ4v) is 4.51. The largest absolute Gasteiger partial charge is 0.390 e. The van der Waals surface area contributed by atoms with Gasteiger partial charge in [-0.25, -0.2) is 15.0 Å². The predicted molar refractivity (Wildman–Crippen MR) is 104 cm³/mol. The molecule has 0 aromatic carbocycles. The van der Waals surface area contributed by atoms with Gasteiger partial charge in [0.2, 0.25) is 5.95 Å². The van der Waals surface area contributed by atoms with Crippen molar-refractivity contribution in [1.29, 1.82) is 0 Å². The number of fused-ring (bicyclic) bond motifs is 1. The van der Waals surface area contributed by atoms with E-state index in [2.05, 4.69) is 20.3 Å². The van der Waals surface area contributed by atoms with E-state index in [4.69, 9.17) is 0 Å². The average molecular weight is 385 g/mol. The second kappa shape index (κ2) is 7.01. The molecule has 0 bridgehead atoms. The Hall–Kier alpha value is -2.32. The molecule has 142 valence electrons. The predicted octanol–water partition coefficient (Wildman–Crippen LogP) is 2.94. The van der Waals surface area contributed by atoms with Crippen LogP contribution in [0, 0.1) is 5.92 Å². The SMILES string of the molecule is CC(C)(O)[C@H]1CC[C@H](NC(=O)c2nc(-n3ccnc3)nc3ccsc23)CC1. The van der Waals surface area contributed by atoms with E-state index in [0.29, 0.717) is 11.6 Å². The molecule has 7 nitrogen and oxygen atoms in total. The molecule has 3 aromatic heterocycles. The molecule has 0 unspecified atom stereocenters. The molecule has 1 fully saturated rings. The Morgan fingerprint density at radius 1 is 1.30 bits per heavy atom. The highest BCUT2D eigenvalue weighted by atomic mass is 32.1. The lowest BCUT2D eigenvalue weighted by Crippen LogP contribution is -2.42. The Bertz CT molecular complexity index is 937. The third-order valence-electron chi connectivity index (χ3n) is 5.30. The lowest BCUT2D eigenvalue weighted by molar-refractivity contribution is -0.00258. The Labute approximate surface area is 161 Å². The van der Waals surface area contributed by atoms with Crippen LogP contribution in [-0.2, 0) is 0 Å².